The van der Waals surface area contributed by atoms with Crippen LogP contribution >= 0.6 is 0 Å². The van der Waals surface area contributed by atoms with Crippen LogP contribution in [0.15, 0.2) is 42.9 Å². The van der Waals surface area contributed by atoms with Gasteiger partial charge in [-0.05, 0) is 44.0 Å². The molecule has 2 atom stereocenters. The standard InChI is InChI=1S/C23H22N6O3/c1-23(6-7-23)29-22(30)32-16-9-19(31-13-16)15-11-26-21(27-12-15)28-18-5-4-14(10-24)17-3-2-8-25-20(17)18/h2-5,8,11-12,16,19H,6-7,9,13H2,1H3,(H,29,30)(H,26,27,28). The van der Waals surface area contributed by atoms with E-state index in [4.69, 9.17) is 9.47 Å². The molecule has 1 aliphatic heterocycles. The van der Waals surface area contributed by atoms with Crippen LogP contribution in [0.2, 0.25) is 0 Å². The van der Waals surface area contributed by atoms with Crippen molar-refractivity contribution in [3.8, 4) is 6.07 Å². The second-order valence-corrected chi connectivity index (χ2v) is 8.41. The number of aromatic nitrogens is 3. The van der Waals surface area contributed by atoms with E-state index < -0.39 is 6.09 Å². The number of hydrogen-bond acceptors (Lipinski definition) is 8. The third-order valence-electron chi connectivity index (χ3n) is 5.82. The second kappa shape index (κ2) is 8.05. The van der Waals surface area contributed by atoms with Crippen LogP contribution in [0.4, 0.5) is 16.4 Å². The van der Waals surface area contributed by atoms with Crippen molar-refractivity contribution < 1.29 is 14.3 Å². The highest BCUT2D eigenvalue weighted by molar-refractivity contribution is 5.95. The normalized spacial score (nSPS) is 21.0. The Morgan fingerprint density at radius 1 is 1.25 bits per heavy atom. The van der Waals surface area contributed by atoms with Gasteiger partial charge in [-0.25, -0.2) is 14.8 Å². The van der Waals surface area contributed by atoms with E-state index in [0.717, 1.165) is 23.8 Å². The van der Waals surface area contributed by atoms with Gasteiger partial charge in [0.1, 0.15) is 6.10 Å². The second-order valence-electron chi connectivity index (χ2n) is 8.41. The summed E-state index contributed by atoms with van der Waals surface area (Å²) in [5.41, 5.74) is 2.66. The number of rotatable bonds is 5. The summed E-state index contributed by atoms with van der Waals surface area (Å²) in [7, 11) is 0. The summed E-state index contributed by atoms with van der Waals surface area (Å²) in [6, 6.07) is 9.37. The van der Waals surface area contributed by atoms with Crippen LogP contribution in [-0.4, -0.2) is 39.3 Å². The molecule has 9 heteroatoms. The molecule has 1 amide bonds. The molecule has 0 bridgehead atoms. The van der Waals surface area contributed by atoms with Gasteiger partial charge in [0.05, 0.1) is 35.5 Å². The minimum Gasteiger partial charge on any atom is -0.444 e. The molecule has 2 unspecified atom stereocenters. The first-order chi connectivity index (χ1) is 15.5. The molecular weight excluding hydrogens is 408 g/mol. The minimum atomic E-state index is -0.390. The lowest BCUT2D eigenvalue weighted by Crippen LogP contribution is -2.37. The Balaban J connectivity index is 1.23. The number of amides is 1. The van der Waals surface area contributed by atoms with Crippen molar-refractivity contribution in [2.24, 2.45) is 0 Å². The fourth-order valence-corrected chi connectivity index (χ4v) is 3.71. The summed E-state index contributed by atoms with van der Waals surface area (Å²) < 4.78 is 11.3. The lowest BCUT2D eigenvalue weighted by Gasteiger charge is -2.15. The lowest BCUT2D eigenvalue weighted by molar-refractivity contribution is 0.0683. The highest BCUT2D eigenvalue weighted by atomic mass is 16.6. The van der Waals surface area contributed by atoms with Crippen LogP contribution in [0.5, 0.6) is 0 Å². The molecule has 2 fully saturated rings. The molecule has 1 saturated carbocycles. The Hall–Kier alpha value is -3.77. The van der Waals surface area contributed by atoms with Gasteiger partial charge >= 0.3 is 6.09 Å². The summed E-state index contributed by atoms with van der Waals surface area (Å²) in [5, 5.41) is 16.1. The fourth-order valence-electron chi connectivity index (χ4n) is 3.71. The smallest absolute Gasteiger partial charge is 0.407 e. The largest absolute Gasteiger partial charge is 0.444 e. The van der Waals surface area contributed by atoms with Gasteiger partial charge in [0.15, 0.2) is 0 Å². The summed E-state index contributed by atoms with van der Waals surface area (Å²) >= 11 is 0. The Labute approximate surface area is 184 Å². The van der Waals surface area contributed by atoms with Crippen molar-refractivity contribution in [1.82, 2.24) is 20.3 Å². The summed E-state index contributed by atoms with van der Waals surface area (Å²) in [6.45, 7) is 2.35. The van der Waals surface area contributed by atoms with E-state index in [0.29, 0.717) is 35.7 Å². The van der Waals surface area contributed by atoms with E-state index in [1.165, 1.54) is 0 Å². The Kier molecular flexibility index (Phi) is 5.07. The van der Waals surface area contributed by atoms with Gasteiger partial charge in [0, 0.05) is 41.5 Å². The number of hydrogen-bond donors (Lipinski definition) is 2. The molecular formula is C23H22N6O3. The third kappa shape index (κ3) is 4.18. The number of fused-ring (bicyclic) bond motifs is 1. The first kappa shape index (κ1) is 20.2. The van der Waals surface area contributed by atoms with Gasteiger partial charge in [0.25, 0.3) is 0 Å². The predicted octanol–water partition coefficient (Wildman–Crippen LogP) is 3.75. The summed E-state index contributed by atoms with van der Waals surface area (Å²) in [6.07, 6.45) is 6.70. The molecule has 3 heterocycles. The first-order valence-corrected chi connectivity index (χ1v) is 10.5. The number of carbonyl (C=O) groups is 1. The molecule has 32 heavy (non-hydrogen) atoms. The maximum Gasteiger partial charge on any atom is 0.407 e. The number of carbonyl (C=O) groups excluding carboxylic acids is 1. The van der Waals surface area contributed by atoms with Crippen LogP contribution < -0.4 is 10.6 Å². The predicted molar refractivity (Wildman–Crippen MR) is 116 cm³/mol. The van der Waals surface area contributed by atoms with E-state index in [1.807, 2.05) is 13.0 Å². The molecule has 0 radical (unpaired) electrons. The Morgan fingerprint density at radius 2 is 2.06 bits per heavy atom. The third-order valence-corrected chi connectivity index (χ3v) is 5.82. The molecule has 5 rings (SSSR count). The number of ether oxygens (including phenoxy) is 2. The van der Waals surface area contributed by atoms with E-state index in [-0.39, 0.29) is 17.7 Å². The van der Waals surface area contributed by atoms with Gasteiger partial charge in [-0.2, -0.15) is 5.26 Å². The molecule has 1 aromatic carbocycles. The number of pyridine rings is 1. The van der Waals surface area contributed by atoms with Crippen LogP contribution in [0.3, 0.4) is 0 Å². The van der Waals surface area contributed by atoms with Crippen molar-refractivity contribution in [3.63, 3.8) is 0 Å². The van der Waals surface area contributed by atoms with Gasteiger partial charge in [-0.3, -0.25) is 4.98 Å². The van der Waals surface area contributed by atoms with Gasteiger partial charge in [-0.1, -0.05) is 0 Å². The number of anilines is 2. The van der Waals surface area contributed by atoms with E-state index >= 15 is 0 Å². The molecule has 2 aliphatic rings. The van der Waals surface area contributed by atoms with Crippen molar-refractivity contribution in [1.29, 1.82) is 5.26 Å². The van der Waals surface area contributed by atoms with Gasteiger partial charge < -0.3 is 20.1 Å². The average Bonchev–Trinajstić information content (AvgIpc) is 3.34. The molecule has 2 N–H and O–H groups in total. The zero-order valence-corrected chi connectivity index (χ0v) is 17.5. The monoisotopic (exact) mass is 430 g/mol. The van der Waals surface area contributed by atoms with Gasteiger partial charge in [0.2, 0.25) is 5.95 Å². The number of nitrogens with zero attached hydrogens (tertiary/aromatic N) is 4. The zero-order chi connectivity index (χ0) is 22.1. The topological polar surface area (TPSA) is 122 Å². The van der Waals surface area contributed by atoms with Crippen molar-refractivity contribution in [3.05, 3.63) is 54.0 Å². The van der Waals surface area contributed by atoms with Crippen LogP contribution in [0.1, 0.15) is 43.4 Å². The number of nitrogens with one attached hydrogen (secondary N) is 2. The quantitative estimate of drug-likeness (QED) is 0.628. The molecule has 0 spiro atoms. The number of benzene rings is 1. The van der Waals surface area contributed by atoms with Crippen LogP contribution in [0, 0.1) is 11.3 Å². The molecule has 162 valence electrons. The highest BCUT2D eigenvalue weighted by Crippen LogP contribution is 2.35. The van der Waals surface area contributed by atoms with E-state index in [9.17, 15) is 10.1 Å². The first-order valence-electron chi connectivity index (χ1n) is 10.5. The number of nitriles is 1. The van der Waals surface area contributed by atoms with Crippen molar-refractivity contribution in [2.45, 2.75) is 43.9 Å². The summed E-state index contributed by atoms with van der Waals surface area (Å²) in [4.78, 5) is 25.2. The minimum absolute atomic E-state index is 0.109. The SMILES string of the molecule is CC1(NC(=O)OC2COC(c3cnc(Nc4ccc(C#N)c5cccnc45)nc3)C2)CC1. The fraction of sp³-hybridized carbons (Fsp3) is 0.348. The maximum atomic E-state index is 12.0. The molecule has 2 aromatic heterocycles. The maximum absolute atomic E-state index is 12.0. The number of alkyl carbamates (subject to hydrolysis) is 1. The Morgan fingerprint density at radius 3 is 2.81 bits per heavy atom. The van der Waals surface area contributed by atoms with Crippen LogP contribution in [-0.2, 0) is 9.47 Å². The summed E-state index contributed by atoms with van der Waals surface area (Å²) in [5.74, 6) is 0.410. The van der Waals surface area contributed by atoms with Crippen LogP contribution in [0.25, 0.3) is 10.9 Å². The Bertz CT molecular complexity index is 1200. The molecule has 1 saturated heterocycles. The van der Waals surface area contributed by atoms with Crippen molar-refractivity contribution >= 4 is 28.6 Å². The molecule has 9 nitrogen and oxygen atoms in total. The van der Waals surface area contributed by atoms with Gasteiger partial charge in [-0.15, -0.1) is 0 Å². The molecule has 1 aliphatic carbocycles. The zero-order valence-electron chi connectivity index (χ0n) is 17.5. The molecule has 3 aromatic rings. The van der Waals surface area contributed by atoms with E-state index in [2.05, 4.69) is 31.7 Å². The highest BCUT2D eigenvalue weighted by Gasteiger charge is 2.40. The van der Waals surface area contributed by atoms with E-state index in [1.54, 1.807) is 36.8 Å². The van der Waals surface area contributed by atoms with Crippen molar-refractivity contribution in [2.75, 3.05) is 11.9 Å². The lowest BCUT2D eigenvalue weighted by atomic mass is 10.1. The average molecular weight is 430 g/mol.